The Morgan fingerprint density at radius 3 is 2.18 bits per heavy atom. The number of carbonyl (C=O) groups is 1. The Hall–Kier alpha value is -2.43. The zero-order valence-corrected chi connectivity index (χ0v) is 17.6. The Kier molecular flexibility index (Phi) is 6.48. The van der Waals surface area contributed by atoms with Crippen LogP contribution < -0.4 is 10.1 Å². The molecule has 1 amide bonds. The van der Waals surface area contributed by atoms with Crippen molar-refractivity contribution in [2.75, 3.05) is 32.3 Å². The van der Waals surface area contributed by atoms with E-state index in [4.69, 9.17) is 4.74 Å². The third-order valence-electron chi connectivity index (χ3n) is 3.85. The minimum Gasteiger partial charge on any atom is -0.484 e. The number of anilines is 1. The number of aryl methyl sites for hydroxylation is 1. The van der Waals surface area contributed by atoms with Crippen LogP contribution in [0.15, 0.2) is 52.3 Å². The van der Waals surface area contributed by atoms with Crippen LogP contribution in [-0.2, 0) is 24.7 Å². The van der Waals surface area contributed by atoms with Gasteiger partial charge in [0.25, 0.3) is 5.91 Å². The smallest absolute Gasteiger partial charge is 0.262 e. The second kappa shape index (κ2) is 8.29. The highest BCUT2D eigenvalue weighted by molar-refractivity contribution is 7.90. The molecule has 0 saturated carbocycles. The fraction of sp³-hybridized carbons (Fsp3) is 0.278. The van der Waals surface area contributed by atoms with Gasteiger partial charge >= 0.3 is 0 Å². The third kappa shape index (κ3) is 5.31. The number of rotatable bonds is 7. The van der Waals surface area contributed by atoms with E-state index in [1.165, 1.54) is 44.4 Å². The number of carbonyl (C=O) groups excluding carboxylic acids is 1. The van der Waals surface area contributed by atoms with Crippen LogP contribution in [-0.4, -0.2) is 54.0 Å². The molecule has 8 nitrogen and oxygen atoms in total. The normalized spacial score (nSPS) is 12.0. The first-order valence-corrected chi connectivity index (χ1v) is 11.5. The minimum absolute atomic E-state index is 0.104. The second-order valence-corrected chi connectivity index (χ2v) is 10.5. The SMILES string of the molecule is Cc1ccc(NC(=O)COc2ccc(S(C)(=O)=O)cc2)cc1S(=O)(=O)N(C)C. The molecule has 0 fully saturated rings. The number of hydrogen-bond acceptors (Lipinski definition) is 6. The van der Waals surface area contributed by atoms with Crippen LogP contribution in [0, 0.1) is 6.92 Å². The number of sulfone groups is 1. The lowest BCUT2D eigenvalue weighted by Gasteiger charge is -2.15. The number of ether oxygens (including phenoxy) is 1. The molecule has 152 valence electrons. The van der Waals surface area contributed by atoms with Gasteiger partial charge in [0.1, 0.15) is 5.75 Å². The maximum Gasteiger partial charge on any atom is 0.262 e. The van der Waals surface area contributed by atoms with Crippen molar-refractivity contribution in [2.24, 2.45) is 0 Å². The van der Waals surface area contributed by atoms with E-state index in [9.17, 15) is 21.6 Å². The number of nitrogens with one attached hydrogen (secondary N) is 1. The Morgan fingerprint density at radius 1 is 1.04 bits per heavy atom. The lowest BCUT2D eigenvalue weighted by Crippen LogP contribution is -2.24. The fourth-order valence-electron chi connectivity index (χ4n) is 2.28. The van der Waals surface area contributed by atoms with Gasteiger partial charge in [-0.3, -0.25) is 4.79 Å². The van der Waals surface area contributed by atoms with E-state index in [0.717, 1.165) is 10.6 Å². The molecule has 0 radical (unpaired) electrons. The van der Waals surface area contributed by atoms with Crippen molar-refractivity contribution >= 4 is 31.5 Å². The standard InChI is InChI=1S/C18H22N2O6S2/c1-13-5-6-14(11-17(13)28(24,25)20(2)3)19-18(21)12-26-15-7-9-16(10-8-15)27(4,22)23/h5-11H,12H2,1-4H3,(H,19,21). The quantitative estimate of drug-likeness (QED) is 0.721. The van der Waals surface area contributed by atoms with E-state index in [2.05, 4.69) is 5.32 Å². The summed E-state index contributed by atoms with van der Waals surface area (Å²) in [6, 6.07) is 10.3. The molecule has 0 spiro atoms. The summed E-state index contributed by atoms with van der Waals surface area (Å²) in [6.07, 6.45) is 1.10. The van der Waals surface area contributed by atoms with E-state index >= 15 is 0 Å². The molecular formula is C18H22N2O6S2. The Morgan fingerprint density at radius 2 is 1.64 bits per heavy atom. The number of nitrogens with zero attached hydrogens (tertiary/aromatic N) is 1. The van der Waals surface area contributed by atoms with E-state index in [0.29, 0.717) is 17.0 Å². The average Bonchev–Trinajstić information content (AvgIpc) is 2.61. The Balaban J connectivity index is 2.06. The van der Waals surface area contributed by atoms with Crippen LogP contribution in [0.25, 0.3) is 0 Å². The van der Waals surface area contributed by atoms with Crippen LogP contribution in [0.1, 0.15) is 5.56 Å². The molecule has 0 aliphatic carbocycles. The Bertz CT molecular complexity index is 1080. The van der Waals surface area contributed by atoms with Gasteiger partial charge in [0, 0.05) is 26.0 Å². The van der Waals surface area contributed by atoms with Crippen molar-refractivity contribution < 1.29 is 26.4 Å². The molecule has 0 atom stereocenters. The van der Waals surface area contributed by atoms with Gasteiger partial charge in [-0.25, -0.2) is 21.1 Å². The molecule has 0 heterocycles. The fourth-order valence-corrected chi connectivity index (χ4v) is 4.06. The van der Waals surface area contributed by atoms with Gasteiger partial charge in [-0.2, -0.15) is 0 Å². The minimum atomic E-state index is -3.64. The first kappa shape index (κ1) is 21.9. The summed E-state index contributed by atoms with van der Waals surface area (Å²) in [5.74, 6) is -0.147. The second-order valence-electron chi connectivity index (χ2n) is 6.35. The van der Waals surface area contributed by atoms with E-state index in [1.54, 1.807) is 19.1 Å². The molecular weight excluding hydrogens is 404 g/mol. The van der Waals surface area contributed by atoms with Crippen molar-refractivity contribution in [2.45, 2.75) is 16.7 Å². The topological polar surface area (TPSA) is 110 Å². The van der Waals surface area contributed by atoms with Gasteiger partial charge in [-0.05, 0) is 48.9 Å². The zero-order chi connectivity index (χ0) is 21.1. The highest BCUT2D eigenvalue weighted by Crippen LogP contribution is 2.22. The third-order valence-corrected chi connectivity index (χ3v) is 6.94. The van der Waals surface area contributed by atoms with Crippen molar-refractivity contribution in [1.82, 2.24) is 4.31 Å². The van der Waals surface area contributed by atoms with Crippen LogP contribution in [0.2, 0.25) is 0 Å². The molecule has 0 unspecified atom stereocenters. The monoisotopic (exact) mass is 426 g/mol. The number of amides is 1. The summed E-state index contributed by atoms with van der Waals surface area (Å²) in [5, 5.41) is 2.58. The van der Waals surface area contributed by atoms with Crippen LogP contribution >= 0.6 is 0 Å². The molecule has 10 heteroatoms. The predicted molar refractivity (Wildman–Crippen MR) is 106 cm³/mol. The van der Waals surface area contributed by atoms with Crippen molar-refractivity contribution in [1.29, 1.82) is 0 Å². The van der Waals surface area contributed by atoms with Crippen molar-refractivity contribution in [3.63, 3.8) is 0 Å². The molecule has 0 aliphatic heterocycles. The van der Waals surface area contributed by atoms with Crippen LogP contribution in [0.5, 0.6) is 5.75 Å². The molecule has 0 aromatic heterocycles. The van der Waals surface area contributed by atoms with Crippen LogP contribution in [0.3, 0.4) is 0 Å². The van der Waals surface area contributed by atoms with Crippen LogP contribution in [0.4, 0.5) is 5.69 Å². The highest BCUT2D eigenvalue weighted by Gasteiger charge is 2.20. The summed E-state index contributed by atoms with van der Waals surface area (Å²) in [6.45, 7) is 1.35. The highest BCUT2D eigenvalue weighted by atomic mass is 32.2. The Labute approximate surface area is 165 Å². The maximum absolute atomic E-state index is 12.3. The maximum atomic E-state index is 12.3. The lowest BCUT2D eigenvalue weighted by molar-refractivity contribution is -0.118. The van der Waals surface area contributed by atoms with E-state index in [-0.39, 0.29) is 16.4 Å². The van der Waals surface area contributed by atoms with Gasteiger partial charge in [0.05, 0.1) is 9.79 Å². The van der Waals surface area contributed by atoms with Gasteiger partial charge in [-0.15, -0.1) is 0 Å². The van der Waals surface area contributed by atoms with Gasteiger partial charge in [0.2, 0.25) is 10.0 Å². The van der Waals surface area contributed by atoms with E-state index in [1.807, 2.05) is 0 Å². The molecule has 28 heavy (non-hydrogen) atoms. The number of sulfonamides is 1. The summed E-state index contributed by atoms with van der Waals surface area (Å²) in [7, 11) is -4.07. The van der Waals surface area contributed by atoms with Crippen molar-refractivity contribution in [3.8, 4) is 5.75 Å². The average molecular weight is 427 g/mol. The van der Waals surface area contributed by atoms with Gasteiger partial charge in [-0.1, -0.05) is 6.07 Å². The summed E-state index contributed by atoms with van der Waals surface area (Å²) in [4.78, 5) is 12.4. The van der Waals surface area contributed by atoms with Crippen molar-refractivity contribution in [3.05, 3.63) is 48.0 Å². The molecule has 0 bridgehead atoms. The zero-order valence-electron chi connectivity index (χ0n) is 16.0. The first-order chi connectivity index (χ1) is 12.9. The summed E-state index contributed by atoms with van der Waals surface area (Å²) >= 11 is 0. The molecule has 1 N–H and O–H groups in total. The number of hydrogen-bond donors (Lipinski definition) is 1. The predicted octanol–water partition coefficient (Wildman–Crippen LogP) is 1.67. The summed E-state index contributed by atoms with van der Waals surface area (Å²) < 4.78 is 54.0. The summed E-state index contributed by atoms with van der Waals surface area (Å²) in [5.41, 5.74) is 0.890. The lowest BCUT2D eigenvalue weighted by atomic mass is 10.2. The largest absolute Gasteiger partial charge is 0.484 e. The number of benzene rings is 2. The molecule has 0 aliphatic rings. The molecule has 2 rings (SSSR count). The molecule has 0 saturated heterocycles. The first-order valence-electron chi connectivity index (χ1n) is 8.17. The molecule has 2 aromatic carbocycles. The van der Waals surface area contributed by atoms with Gasteiger partial charge < -0.3 is 10.1 Å². The van der Waals surface area contributed by atoms with Gasteiger partial charge in [0.15, 0.2) is 16.4 Å². The molecule has 2 aromatic rings. The van der Waals surface area contributed by atoms with E-state index < -0.39 is 25.8 Å².